The minimum atomic E-state index is 0.223. The molecule has 21 heavy (non-hydrogen) atoms. The molecule has 0 amide bonds. The standard InChI is InChI=1S/C20H30O/c1-16(8-6-9-17(2)13-15-21)11-12-19-18(3)10-7-14-20(19,4)5/h6-12,17,21H,13-15H2,1-5H3/b9-6+,12-11+,16-8+. The Balaban J connectivity index is 2.73. The van der Waals surface area contributed by atoms with Gasteiger partial charge in [-0.1, -0.05) is 68.9 Å². The molecule has 0 aromatic rings. The second kappa shape index (κ2) is 8.19. The van der Waals surface area contributed by atoms with E-state index in [0.717, 1.165) is 12.8 Å². The highest BCUT2D eigenvalue weighted by atomic mass is 16.3. The van der Waals surface area contributed by atoms with E-state index in [9.17, 15) is 0 Å². The fourth-order valence-electron chi connectivity index (χ4n) is 2.59. The quantitative estimate of drug-likeness (QED) is 0.651. The number of aliphatic hydroxyl groups is 1. The highest BCUT2D eigenvalue weighted by Crippen LogP contribution is 2.37. The summed E-state index contributed by atoms with van der Waals surface area (Å²) in [7, 11) is 0. The number of rotatable bonds is 6. The molecule has 1 nitrogen and oxygen atoms in total. The van der Waals surface area contributed by atoms with E-state index in [0.29, 0.717) is 5.92 Å². The average molecular weight is 286 g/mol. The van der Waals surface area contributed by atoms with Crippen LogP contribution < -0.4 is 0 Å². The van der Waals surface area contributed by atoms with Crippen LogP contribution in [0.3, 0.4) is 0 Å². The maximum absolute atomic E-state index is 8.88. The van der Waals surface area contributed by atoms with Gasteiger partial charge in [0.25, 0.3) is 0 Å². The third-order valence-corrected chi connectivity index (χ3v) is 4.05. The molecule has 1 unspecified atom stereocenters. The SMILES string of the molecule is CC1=C(/C=C/C(C)=C/C=C/C(C)CCO)C(C)(C)CC=C1. The van der Waals surface area contributed by atoms with Gasteiger partial charge >= 0.3 is 0 Å². The lowest BCUT2D eigenvalue weighted by molar-refractivity contribution is 0.274. The molecule has 0 saturated carbocycles. The first kappa shape index (κ1) is 17.7. The summed E-state index contributed by atoms with van der Waals surface area (Å²) in [4.78, 5) is 0. The van der Waals surface area contributed by atoms with Crippen LogP contribution in [0, 0.1) is 11.3 Å². The largest absolute Gasteiger partial charge is 0.396 e. The summed E-state index contributed by atoms with van der Waals surface area (Å²) in [6.07, 6.45) is 17.2. The Hall–Kier alpha value is -1.34. The first-order chi connectivity index (χ1) is 9.86. The summed E-state index contributed by atoms with van der Waals surface area (Å²) < 4.78 is 0. The van der Waals surface area contributed by atoms with Crippen molar-refractivity contribution < 1.29 is 5.11 Å². The van der Waals surface area contributed by atoms with E-state index < -0.39 is 0 Å². The molecule has 1 N–H and O–H groups in total. The zero-order valence-corrected chi connectivity index (χ0v) is 14.2. The lowest BCUT2D eigenvalue weighted by Crippen LogP contribution is -2.16. The van der Waals surface area contributed by atoms with Gasteiger partial charge < -0.3 is 5.11 Å². The van der Waals surface area contributed by atoms with E-state index in [1.165, 1.54) is 16.7 Å². The molecule has 0 aromatic heterocycles. The first-order valence-electron chi connectivity index (χ1n) is 7.88. The monoisotopic (exact) mass is 286 g/mol. The molecule has 1 aliphatic rings. The van der Waals surface area contributed by atoms with Gasteiger partial charge in [0.1, 0.15) is 0 Å². The Labute approximate surface area is 130 Å². The fourth-order valence-corrected chi connectivity index (χ4v) is 2.59. The molecule has 0 aliphatic heterocycles. The van der Waals surface area contributed by atoms with Crippen LogP contribution in [0.4, 0.5) is 0 Å². The summed E-state index contributed by atoms with van der Waals surface area (Å²) >= 11 is 0. The second-order valence-electron chi connectivity index (χ2n) is 6.71. The van der Waals surface area contributed by atoms with Crippen molar-refractivity contribution in [3.63, 3.8) is 0 Å². The normalized spacial score (nSPS) is 20.8. The van der Waals surface area contributed by atoms with Crippen LogP contribution in [0.5, 0.6) is 0 Å². The fraction of sp³-hybridized carbons (Fsp3) is 0.500. The molecule has 1 aliphatic carbocycles. The van der Waals surface area contributed by atoms with E-state index in [1.807, 2.05) is 0 Å². The van der Waals surface area contributed by atoms with Crippen molar-refractivity contribution in [2.75, 3.05) is 6.61 Å². The molecule has 0 bridgehead atoms. The van der Waals surface area contributed by atoms with Gasteiger partial charge in [0, 0.05) is 6.61 Å². The van der Waals surface area contributed by atoms with Crippen molar-refractivity contribution in [3.8, 4) is 0 Å². The third-order valence-electron chi connectivity index (χ3n) is 4.05. The molecule has 0 saturated heterocycles. The van der Waals surface area contributed by atoms with Gasteiger partial charge in [-0.15, -0.1) is 0 Å². The molecule has 116 valence electrons. The molecule has 1 heteroatoms. The van der Waals surface area contributed by atoms with Gasteiger partial charge in [-0.25, -0.2) is 0 Å². The van der Waals surface area contributed by atoms with Crippen LogP contribution in [0.2, 0.25) is 0 Å². The second-order valence-corrected chi connectivity index (χ2v) is 6.71. The summed E-state index contributed by atoms with van der Waals surface area (Å²) in [5, 5.41) is 8.88. The van der Waals surface area contributed by atoms with Crippen molar-refractivity contribution in [1.29, 1.82) is 0 Å². The van der Waals surface area contributed by atoms with Gasteiger partial charge in [-0.2, -0.15) is 0 Å². The zero-order valence-electron chi connectivity index (χ0n) is 14.2. The van der Waals surface area contributed by atoms with Crippen LogP contribution in [-0.4, -0.2) is 11.7 Å². The van der Waals surface area contributed by atoms with Gasteiger partial charge in [0.2, 0.25) is 0 Å². The third kappa shape index (κ3) is 5.89. The molecule has 0 heterocycles. The number of aliphatic hydroxyl groups excluding tert-OH is 1. The molecular weight excluding hydrogens is 256 g/mol. The molecule has 0 spiro atoms. The minimum absolute atomic E-state index is 0.223. The number of hydrogen-bond donors (Lipinski definition) is 1. The number of hydrogen-bond acceptors (Lipinski definition) is 1. The van der Waals surface area contributed by atoms with Crippen LogP contribution in [0.25, 0.3) is 0 Å². The van der Waals surface area contributed by atoms with Crippen molar-refractivity contribution >= 4 is 0 Å². The lowest BCUT2D eigenvalue weighted by Gasteiger charge is -2.29. The van der Waals surface area contributed by atoms with Crippen molar-refractivity contribution in [2.24, 2.45) is 11.3 Å². The summed E-state index contributed by atoms with van der Waals surface area (Å²) in [6, 6.07) is 0. The van der Waals surface area contributed by atoms with Crippen molar-refractivity contribution in [3.05, 3.63) is 59.3 Å². The van der Waals surface area contributed by atoms with Crippen molar-refractivity contribution in [1.82, 2.24) is 0 Å². The Kier molecular flexibility index (Phi) is 6.91. The maximum atomic E-state index is 8.88. The van der Waals surface area contributed by atoms with E-state index in [1.54, 1.807) is 0 Å². The Bertz CT molecular complexity index is 484. The summed E-state index contributed by atoms with van der Waals surface area (Å²) in [6.45, 7) is 11.3. The predicted octanol–water partition coefficient (Wildman–Crippen LogP) is 5.37. The lowest BCUT2D eigenvalue weighted by atomic mass is 9.75. The van der Waals surface area contributed by atoms with Crippen LogP contribution >= 0.6 is 0 Å². The number of allylic oxidation sites excluding steroid dienone is 10. The van der Waals surface area contributed by atoms with Crippen molar-refractivity contribution in [2.45, 2.75) is 47.5 Å². The Morgan fingerprint density at radius 1 is 1.43 bits per heavy atom. The predicted molar refractivity (Wildman–Crippen MR) is 93.1 cm³/mol. The highest BCUT2D eigenvalue weighted by Gasteiger charge is 2.23. The van der Waals surface area contributed by atoms with E-state index in [-0.39, 0.29) is 12.0 Å². The summed E-state index contributed by atoms with van der Waals surface area (Å²) in [5.74, 6) is 0.426. The molecule has 1 atom stereocenters. The van der Waals surface area contributed by atoms with E-state index in [2.05, 4.69) is 77.2 Å². The topological polar surface area (TPSA) is 20.2 Å². The first-order valence-corrected chi connectivity index (χ1v) is 7.88. The zero-order chi connectivity index (χ0) is 15.9. The molecule has 0 aromatic carbocycles. The molecular formula is C20H30O. The van der Waals surface area contributed by atoms with Gasteiger partial charge in [0.05, 0.1) is 0 Å². The molecule has 0 radical (unpaired) electrons. The maximum Gasteiger partial charge on any atom is 0.0436 e. The van der Waals surface area contributed by atoms with Crippen LogP contribution in [0.1, 0.15) is 47.5 Å². The molecule has 1 rings (SSSR count). The van der Waals surface area contributed by atoms with Crippen LogP contribution in [-0.2, 0) is 0 Å². The van der Waals surface area contributed by atoms with Gasteiger partial charge in [-0.05, 0) is 49.2 Å². The summed E-state index contributed by atoms with van der Waals surface area (Å²) in [5.41, 5.74) is 4.26. The van der Waals surface area contributed by atoms with Gasteiger partial charge in [0.15, 0.2) is 0 Å². The molecule has 0 fully saturated rings. The van der Waals surface area contributed by atoms with E-state index >= 15 is 0 Å². The Morgan fingerprint density at radius 2 is 2.14 bits per heavy atom. The van der Waals surface area contributed by atoms with E-state index in [4.69, 9.17) is 5.11 Å². The Morgan fingerprint density at radius 3 is 2.76 bits per heavy atom. The average Bonchev–Trinajstić information content (AvgIpc) is 2.37. The minimum Gasteiger partial charge on any atom is -0.396 e. The smallest absolute Gasteiger partial charge is 0.0436 e. The van der Waals surface area contributed by atoms with Gasteiger partial charge in [-0.3, -0.25) is 0 Å². The van der Waals surface area contributed by atoms with Crippen LogP contribution in [0.15, 0.2) is 59.3 Å². The highest BCUT2D eigenvalue weighted by molar-refractivity contribution is 5.41.